The molecule has 0 fully saturated rings. The third-order valence-electron chi connectivity index (χ3n) is 8.68. The summed E-state index contributed by atoms with van der Waals surface area (Å²) in [6, 6.07) is 20.1. The normalized spacial score (nSPS) is 11.2. The van der Waals surface area contributed by atoms with Crippen LogP contribution in [0.1, 0.15) is 75.6 Å². The summed E-state index contributed by atoms with van der Waals surface area (Å²) in [5.74, 6) is 4.98. The number of ether oxygens (including phenoxy) is 4. The van der Waals surface area contributed by atoms with E-state index in [2.05, 4.69) is 56.2 Å². The van der Waals surface area contributed by atoms with Crippen LogP contribution in [0, 0.1) is 0 Å². The van der Waals surface area contributed by atoms with Crippen molar-refractivity contribution in [1.82, 2.24) is 10.6 Å². The van der Waals surface area contributed by atoms with Gasteiger partial charge in [-0.1, -0.05) is 45.9 Å². The van der Waals surface area contributed by atoms with Gasteiger partial charge in [0.1, 0.15) is 36.1 Å². The van der Waals surface area contributed by atoms with Gasteiger partial charge in [0, 0.05) is 97.8 Å². The lowest BCUT2D eigenvalue weighted by molar-refractivity contribution is -0.697. The van der Waals surface area contributed by atoms with E-state index in [0.29, 0.717) is 52.4 Å². The molecular weight excluding hydrogens is 769 g/mol. The first-order valence-corrected chi connectivity index (χ1v) is 22.8. The number of nitrogens with one attached hydrogen (secondary N) is 2. The third kappa shape index (κ3) is 17.3. The van der Waals surface area contributed by atoms with Crippen LogP contribution in [0.5, 0.6) is 23.0 Å². The van der Waals surface area contributed by atoms with Gasteiger partial charge in [-0.25, -0.2) is 9.13 Å². The molecule has 0 saturated heterocycles. The van der Waals surface area contributed by atoms with E-state index in [1.807, 2.05) is 101 Å². The van der Waals surface area contributed by atoms with Crippen LogP contribution in [0.3, 0.4) is 0 Å². The van der Waals surface area contributed by atoms with Gasteiger partial charge in [-0.15, -0.1) is 0 Å². The molecular formula is C46H60N4O6S2+2. The fourth-order valence-electron chi connectivity index (χ4n) is 5.81. The van der Waals surface area contributed by atoms with Crippen molar-refractivity contribution in [1.29, 1.82) is 0 Å². The van der Waals surface area contributed by atoms with Gasteiger partial charge in [-0.2, -0.15) is 0 Å². The number of carbonyl (C=O) groups excluding carboxylic acids is 2. The second kappa shape index (κ2) is 26.9. The smallest absolute Gasteiger partial charge is 0.220 e. The Bertz CT molecular complexity index is 1750. The Morgan fingerprint density at radius 2 is 0.948 bits per heavy atom. The molecule has 0 radical (unpaired) electrons. The molecule has 0 spiro atoms. The molecule has 0 aliphatic carbocycles. The van der Waals surface area contributed by atoms with Crippen molar-refractivity contribution in [3.05, 3.63) is 108 Å². The number of aromatic nitrogens is 2. The summed E-state index contributed by atoms with van der Waals surface area (Å²) in [6.07, 6.45) is 18.9. The SMILES string of the molecule is CCOc1ccc(C=Cc2cc[n+](CCCC(=O)NCCSSCCNC(=O)CCC[n+]3ccc(C=Cc4ccc(OCC)cc4OCC)cc3)cc2)c(OCC)c1. The van der Waals surface area contributed by atoms with Crippen molar-refractivity contribution in [3.63, 3.8) is 0 Å². The second-order valence-electron chi connectivity index (χ2n) is 13.1. The molecule has 0 atom stereocenters. The van der Waals surface area contributed by atoms with Crippen molar-refractivity contribution in [2.75, 3.05) is 51.0 Å². The molecule has 0 saturated carbocycles. The Labute approximate surface area is 352 Å². The standard InChI is InChI=1S/C46H58N4O6S2/c1-5-53-41-19-17-39(43(35-41)55-7-3)15-13-37-21-29-49(30-22-37)27-9-11-45(51)47-25-33-57-58-34-26-48-46(52)12-10-28-50-31-23-38(24-32-50)14-16-40-18-20-42(54-6-2)36-44(40)56-8-4/h13-24,29-32,35-36H,5-12,25-28,33-34H2,1-4H3/p+2. The number of rotatable bonds is 27. The van der Waals surface area contributed by atoms with Crippen LogP contribution in [0.4, 0.5) is 0 Å². The molecule has 0 bridgehead atoms. The average Bonchev–Trinajstić information content (AvgIpc) is 3.23. The molecule has 310 valence electrons. The maximum atomic E-state index is 12.3. The lowest BCUT2D eigenvalue weighted by Gasteiger charge is -2.10. The molecule has 10 nitrogen and oxygen atoms in total. The van der Waals surface area contributed by atoms with Gasteiger partial charge in [0.05, 0.1) is 26.4 Å². The van der Waals surface area contributed by atoms with Gasteiger partial charge < -0.3 is 29.6 Å². The van der Waals surface area contributed by atoms with Crippen LogP contribution in [0.2, 0.25) is 0 Å². The zero-order valence-corrected chi connectivity index (χ0v) is 36.1. The van der Waals surface area contributed by atoms with Crippen LogP contribution >= 0.6 is 21.6 Å². The number of hydrogen-bond acceptors (Lipinski definition) is 8. The van der Waals surface area contributed by atoms with Crippen molar-refractivity contribution in [3.8, 4) is 23.0 Å². The summed E-state index contributed by atoms with van der Waals surface area (Å²) in [6.45, 7) is 13.1. The number of nitrogens with zero attached hydrogens (tertiary/aromatic N) is 2. The zero-order chi connectivity index (χ0) is 41.2. The predicted molar refractivity (Wildman–Crippen MR) is 238 cm³/mol. The molecule has 2 aromatic heterocycles. The quantitative estimate of drug-likeness (QED) is 0.0354. The topological polar surface area (TPSA) is 103 Å². The van der Waals surface area contributed by atoms with Crippen molar-refractivity contribution in [2.24, 2.45) is 0 Å². The van der Waals surface area contributed by atoms with E-state index in [-0.39, 0.29) is 11.8 Å². The first kappa shape index (κ1) is 45.8. The maximum absolute atomic E-state index is 12.3. The van der Waals surface area contributed by atoms with Crippen molar-refractivity contribution in [2.45, 2.75) is 66.5 Å². The number of carbonyl (C=O) groups is 2. The molecule has 2 aromatic carbocycles. The van der Waals surface area contributed by atoms with Gasteiger partial charge in [0.2, 0.25) is 11.8 Å². The highest BCUT2D eigenvalue weighted by molar-refractivity contribution is 8.76. The maximum Gasteiger partial charge on any atom is 0.220 e. The van der Waals surface area contributed by atoms with Crippen molar-refractivity contribution < 1.29 is 37.7 Å². The average molecular weight is 829 g/mol. The fourth-order valence-corrected chi connectivity index (χ4v) is 7.63. The van der Waals surface area contributed by atoms with Crippen LogP contribution in [-0.2, 0) is 22.7 Å². The lowest BCUT2D eigenvalue weighted by atomic mass is 10.1. The number of aryl methyl sites for hydroxylation is 2. The van der Waals surface area contributed by atoms with E-state index >= 15 is 0 Å². The highest BCUT2D eigenvalue weighted by atomic mass is 33.1. The van der Waals surface area contributed by atoms with Gasteiger partial charge in [0.25, 0.3) is 0 Å². The number of amides is 2. The number of hydrogen-bond donors (Lipinski definition) is 2. The van der Waals surface area contributed by atoms with E-state index in [9.17, 15) is 9.59 Å². The molecule has 12 heteroatoms. The van der Waals surface area contributed by atoms with Crippen LogP contribution in [0.25, 0.3) is 24.3 Å². The molecule has 4 aromatic rings. The Hall–Kier alpha value is -4.94. The lowest BCUT2D eigenvalue weighted by Crippen LogP contribution is -2.34. The zero-order valence-electron chi connectivity index (χ0n) is 34.5. The molecule has 58 heavy (non-hydrogen) atoms. The Balaban J connectivity index is 1.00. The van der Waals surface area contributed by atoms with Gasteiger partial charge in [-0.3, -0.25) is 9.59 Å². The molecule has 2 amide bonds. The number of pyridine rings is 2. The highest BCUT2D eigenvalue weighted by Gasteiger charge is 2.09. The molecule has 4 rings (SSSR count). The Morgan fingerprint density at radius 3 is 1.33 bits per heavy atom. The molecule has 0 aliphatic rings. The van der Waals surface area contributed by atoms with Gasteiger partial charge in [0.15, 0.2) is 24.8 Å². The highest BCUT2D eigenvalue weighted by Crippen LogP contribution is 2.28. The first-order chi connectivity index (χ1) is 28.4. The Kier molecular flexibility index (Phi) is 21.2. The summed E-state index contributed by atoms with van der Waals surface area (Å²) in [5.41, 5.74) is 4.16. The molecule has 0 aliphatic heterocycles. The van der Waals surface area contributed by atoms with Crippen molar-refractivity contribution >= 4 is 57.7 Å². The van der Waals surface area contributed by atoms with E-state index < -0.39 is 0 Å². The minimum Gasteiger partial charge on any atom is -0.494 e. The summed E-state index contributed by atoms with van der Waals surface area (Å²) in [7, 11) is 3.42. The first-order valence-electron chi connectivity index (χ1n) is 20.3. The largest absolute Gasteiger partial charge is 0.494 e. The van der Waals surface area contributed by atoms with E-state index in [4.69, 9.17) is 18.9 Å². The van der Waals surface area contributed by atoms with E-state index in [1.54, 1.807) is 21.6 Å². The van der Waals surface area contributed by atoms with Crippen LogP contribution in [0.15, 0.2) is 85.5 Å². The monoisotopic (exact) mass is 828 g/mol. The summed E-state index contributed by atoms with van der Waals surface area (Å²) >= 11 is 0. The second-order valence-corrected chi connectivity index (χ2v) is 15.8. The van der Waals surface area contributed by atoms with Crippen LogP contribution in [-0.4, -0.2) is 62.8 Å². The number of benzene rings is 2. The van der Waals surface area contributed by atoms with Gasteiger partial charge in [-0.05, 0) is 63.1 Å². The minimum absolute atomic E-state index is 0.0703. The fraction of sp³-hybridized carbons (Fsp3) is 0.391. The third-order valence-corrected chi connectivity index (χ3v) is 11.1. The minimum atomic E-state index is 0.0703. The summed E-state index contributed by atoms with van der Waals surface area (Å²) < 4.78 is 27.0. The molecule has 2 N–H and O–H groups in total. The van der Waals surface area contributed by atoms with E-state index in [1.165, 1.54) is 0 Å². The van der Waals surface area contributed by atoms with Gasteiger partial charge >= 0.3 is 0 Å². The molecule has 0 unspecified atom stereocenters. The summed E-state index contributed by atoms with van der Waals surface area (Å²) in [5, 5.41) is 6.03. The molecule has 2 heterocycles. The summed E-state index contributed by atoms with van der Waals surface area (Å²) in [4.78, 5) is 24.7. The van der Waals surface area contributed by atoms with Crippen LogP contribution < -0.4 is 38.7 Å². The Morgan fingerprint density at radius 1 is 0.552 bits per heavy atom. The predicted octanol–water partition coefficient (Wildman–Crippen LogP) is 8.07. The van der Waals surface area contributed by atoms with E-state index in [0.717, 1.165) is 82.7 Å².